The zero-order chi connectivity index (χ0) is 15.3. The smallest absolute Gasteiger partial charge is 0.235 e. The number of nitrogens with zero attached hydrogens (tertiary/aromatic N) is 1. The first-order valence-electron chi connectivity index (χ1n) is 7.26. The SMILES string of the molecule is Cc1cc2onc(C3CCC(=O)NC3=O)c2c2ccccc12. The number of hydrogen-bond acceptors (Lipinski definition) is 4. The van der Waals surface area contributed by atoms with Crippen LogP contribution in [0.4, 0.5) is 0 Å². The maximum atomic E-state index is 12.1. The number of carbonyl (C=O) groups is 2. The second-order valence-electron chi connectivity index (χ2n) is 5.68. The molecule has 0 saturated carbocycles. The number of piperidine rings is 1. The first-order valence-corrected chi connectivity index (χ1v) is 7.26. The zero-order valence-electron chi connectivity index (χ0n) is 12.1. The van der Waals surface area contributed by atoms with Gasteiger partial charge < -0.3 is 4.52 Å². The molecule has 4 rings (SSSR count). The van der Waals surface area contributed by atoms with Crippen molar-refractivity contribution in [3.63, 3.8) is 0 Å². The van der Waals surface area contributed by atoms with E-state index in [-0.39, 0.29) is 11.8 Å². The summed E-state index contributed by atoms with van der Waals surface area (Å²) in [6, 6.07) is 9.95. The Morgan fingerprint density at radius 2 is 2.00 bits per heavy atom. The van der Waals surface area contributed by atoms with Crippen molar-refractivity contribution in [1.82, 2.24) is 10.5 Å². The van der Waals surface area contributed by atoms with Crippen LogP contribution < -0.4 is 5.32 Å². The van der Waals surface area contributed by atoms with Crippen LogP contribution in [0.2, 0.25) is 0 Å². The lowest BCUT2D eigenvalue weighted by Gasteiger charge is -2.19. The third kappa shape index (κ3) is 1.82. The number of rotatable bonds is 1. The summed E-state index contributed by atoms with van der Waals surface area (Å²) in [5, 5.41) is 9.54. The van der Waals surface area contributed by atoms with Gasteiger partial charge in [0.25, 0.3) is 0 Å². The molecule has 1 aliphatic heterocycles. The first-order chi connectivity index (χ1) is 10.6. The van der Waals surface area contributed by atoms with Gasteiger partial charge in [-0.15, -0.1) is 0 Å². The molecule has 22 heavy (non-hydrogen) atoms. The van der Waals surface area contributed by atoms with E-state index in [0.717, 1.165) is 21.7 Å². The monoisotopic (exact) mass is 294 g/mol. The Labute approximate surface area is 126 Å². The summed E-state index contributed by atoms with van der Waals surface area (Å²) in [5.41, 5.74) is 2.40. The highest BCUT2D eigenvalue weighted by atomic mass is 16.5. The molecule has 1 N–H and O–H groups in total. The highest BCUT2D eigenvalue weighted by Crippen LogP contribution is 2.36. The van der Waals surface area contributed by atoms with Crippen molar-refractivity contribution in [1.29, 1.82) is 0 Å². The molecule has 0 bridgehead atoms. The van der Waals surface area contributed by atoms with Gasteiger partial charge in [0, 0.05) is 6.42 Å². The van der Waals surface area contributed by atoms with Crippen LogP contribution in [-0.4, -0.2) is 17.0 Å². The van der Waals surface area contributed by atoms with Gasteiger partial charge in [0.1, 0.15) is 5.69 Å². The van der Waals surface area contributed by atoms with Crippen molar-refractivity contribution in [3.8, 4) is 0 Å². The van der Waals surface area contributed by atoms with Crippen LogP contribution in [0, 0.1) is 6.92 Å². The summed E-state index contributed by atoms with van der Waals surface area (Å²) in [4.78, 5) is 23.5. The largest absolute Gasteiger partial charge is 0.356 e. The minimum absolute atomic E-state index is 0.227. The number of aromatic nitrogens is 1. The minimum atomic E-state index is -0.440. The van der Waals surface area contributed by atoms with E-state index in [9.17, 15) is 9.59 Å². The van der Waals surface area contributed by atoms with Crippen molar-refractivity contribution in [3.05, 3.63) is 41.6 Å². The van der Waals surface area contributed by atoms with Crippen molar-refractivity contribution in [2.75, 3.05) is 0 Å². The van der Waals surface area contributed by atoms with Gasteiger partial charge in [0.2, 0.25) is 11.8 Å². The molecule has 0 spiro atoms. The maximum Gasteiger partial charge on any atom is 0.235 e. The average molecular weight is 294 g/mol. The van der Waals surface area contributed by atoms with Gasteiger partial charge in [-0.05, 0) is 35.7 Å². The molecule has 2 aromatic carbocycles. The Kier molecular flexibility index (Phi) is 2.76. The third-order valence-corrected chi connectivity index (χ3v) is 4.28. The fourth-order valence-corrected chi connectivity index (χ4v) is 3.20. The Morgan fingerprint density at radius 1 is 1.23 bits per heavy atom. The molecular formula is C17H14N2O3. The lowest BCUT2D eigenvalue weighted by molar-refractivity contribution is -0.134. The molecule has 2 amide bonds. The number of amides is 2. The number of hydrogen-bond donors (Lipinski definition) is 1. The summed E-state index contributed by atoms with van der Waals surface area (Å²) in [7, 11) is 0. The molecule has 3 aromatic rings. The summed E-state index contributed by atoms with van der Waals surface area (Å²) >= 11 is 0. The number of aryl methyl sites for hydroxylation is 1. The second kappa shape index (κ2) is 4.66. The predicted molar refractivity (Wildman–Crippen MR) is 81.4 cm³/mol. The molecule has 1 aliphatic rings. The molecule has 0 radical (unpaired) electrons. The van der Waals surface area contributed by atoms with E-state index < -0.39 is 5.92 Å². The molecule has 5 heteroatoms. The molecular weight excluding hydrogens is 280 g/mol. The predicted octanol–water partition coefficient (Wildman–Crippen LogP) is 2.81. The van der Waals surface area contributed by atoms with Gasteiger partial charge in [0.05, 0.1) is 11.3 Å². The number of fused-ring (bicyclic) bond motifs is 3. The van der Waals surface area contributed by atoms with Gasteiger partial charge >= 0.3 is 0 Å². The average Bonchev–Trinajstić information content (AvgIpc) is 2.91. The van der Waals surface area contributed by atoms with E-state index in [1.54, 1.807) is 0 Å². The van der Waals surface area contributed by atoms with Crippen LogP contribution in [0.25, 0.3) is 21.7 Å². The molecule has 1 aromatic heterocycles. The van der Waals surface area contributed by atoms with E-state index >= 15 is 0 Å². The highest BCUT2D eigenvalue weighted by molar-refractivity contribution is 6.10. The van der Waals surface area contributed by atoms with Crippen molar-refractivity contribution in [2.45, 2.75) is 25.7 Å². The fourth-order valence-electron chi connectivity index (χ4n) is 3.20. The van der Waals surface area contributed by atoms with Crippen molar-refractivity contribution in [2.24, 2.45) is 0 Å². The highest BCUT2D eigenvalue weighted by Gasteiger charge is 2.32. The molecule has 1 unspecified atom stereocenters. The van der Waals surface area contributed by atoms with Gasteiger partial charge in [-0.25, -0.2) is 0 Å². The third-order valence-electron chi connectivity index (χ3n) is 4.28. The van der Waals surface area contributed by atoms with E-state index in [2.05, 4.69) is 10.5 Å². The molecule has 0 aliphatic carbocycles. The quantitative estimate of drug-likeness (QED) is 0.700. The van der Waals surface area contributed by atoms with Crippen molar-refractivity contribution >= 4 is 33.6 Å². The van der Waals surface area contributed by atoms with Crippen LogP contribution in [0.3, 0.4) is 0 Å². The molecule has 1 saturated heterocycles. The maximum absolute atomic E-state index is 12.1. The topological polar surface area (TPSA) is 72.2 Å². The van der Waals surface area contributed by atoms with Gasteiger partial charge in [0.15, 0.2) is 5.58 Å². The summed E-state index contributed by atoms with van der Waals surface area (Å²) in [5.74, 6) is -0.962. The van der Waals surface area contributed by atoms with E-state index in [1.807, 2.05) is 37.3 Å². The second-order valence-corrected chi connectivity index (χ2v) is 5.68. The van der Waals surface area contributed by atoms with E-state index in [4.69, 9.17) is 4.52 Å². The van der Waals surface area contributed by atoms with Crippen LogP contribution in [-0.2, 0) is 9.59 Å². The number of imide groups is 1. The molecule has 5 nitrogen and oxygen atoms in total. The molecule has 1 atom stereocenters. The fraction of sp³-hybridized carbons (Fsp3) is 0.235. The minimum Gasteiger partial charge on any atom is -0.356 e. The van der Waals surface area contributed by atoms with Crippen LogP contribution >= 0.6 is 0 Å². The van der Waals surface area contributed by atoms with Crippen molar-refractivity contribution < 1.29 is 14.1 Å². The Hall–Kier alpha value is -2.69. The molecule has 110 valence electrons. The van der Waals surface area contributed by atoms with E-state index in [0.29, 0.717) is 24.1 Å². The number of carbonyl (C=O) groups excluding carboxylic acids is 2. The molecule has 2 heterocycles. The zero-order valence-corrected chi connectivity index (χ0v) is 12.1. The normalized spacial score (nSPS) is 18.9. The van der Waals surface area contributed by atoms with E-state index in [1.165, 1.54) is 0 Å². The lowest BCUT2D eigenvalue weighted by Crippen LogP contribution is -2.39. The summed E-state index contributed by atoms with van der Waals surface area (Å²) in [6.45, 7) is 2.02. The number of benzene rings is 2. The lowest BCUT2D eigenvalue weighted by atomic mass is 9.90. The first kappa shape index (κ1) is 13.0. The number of nitrogens with one attached hydrogen (secondary N) is 1. The van der Waals surface area contributed by atoms with Crippen LogP contribution in [0.15, 0.2) is 34.9 Å². The van der Waals surface area contributed by atoms with Gasteiger partial charge in [-0.3, -0.25) is 14.9 Å². The van der Waals surface area contributed by atoms with Gasteiger partial charge in [-0.1, -0.05) is 29.4 Å². The standard InChI is InChI=1S/C17H14N2O3/c1-9-8-13-15(11-5-3-2-4-10(9)11)16(19-22-13)12-6-7-14(20)18-17(12)21/h2-5,8,12H,6-7H2,1H3,(H,18,20,21). The van der Waals surface area contributed by atoms with Gasteiger partial charge in [-0.2, -0.15) is 0 Å². The summed E-state index contributed by atoms with van der Waals surface area (Å²) in [6.07, 6.45) is 0.795. The Bertz CT molecular complexity index is 926. The van der Waals surface area contributed by atoms with Crippen LogP contribution in [0.5, 0.6) is 0 Å². The summed E-state index contributed by atoms with van der Waals surface area (Å²) < 4.78 is 5.45. The Morgan fingerprint density at radius 3 is 2.77 bits per heavy atom. The van der Waals surface area contributed by atoms with Crippen LogP contribution in [0.1, 0.15) is 30.0 Å². The Balaban J connectivity index is 1.98. The molecule has 1 fully saturated rings.